The van der Waals surface area contributed by atoms with E-state index in [-0.39, 0.29) is 25.1 Å². The van der Waals surface area contributed by atoms with Crippen LogP contribution in [0.25, 0.3) is 0 Å². The number of carboxylic acid groups (broad SMARTS) is 1. The number of hydrogen-bond donors (Lipinski definition) is 3. The Morgan fingerprint density at radius 2 is 1.90 bits per heavy atom. The average molecular weight is 579 g/mol. The van der Waals surface area contributed by atoms with Crippen LogP contribution >= 0.6 is 11.6 Å². The molecule has 0 saturated heterocycles. The predicted molar refractivity (Wildman–Crippen MR) is 154 cm³/mol. The highest BCUT2D eigenvalue weighted by molar-refractivity contribution is 6.30. The minimum atomic E-state index is -1.07. The topological polar surface area (TPSA) is 130 Å². The molecule has 3 amide bonds. The van der Waals surface area contributed by atoms with E-state index in [4.69, 9.17) is 21.2 Å². The van der Waals surface area contributed by atoms with Gasteiger partial charge in [-0.05, 0) is 66.4 Å². The van der Waals surface area contributed by atoms with Gasteiger partial charge in [-0.3, -0.25) is 14.7 Å². The van der Waals surface area contributed by atoms with Crippen molar-refractivity contribution in [2.45, 2.75) is 25.8 Å². The Morgan fingerprint density at radius 1 is 1.12 bits per heavy atom. The van der Waals surface area contributed by atoms with Gasteiger partial charge in [-0.1, -0.05) is 48.9 Å². The van der Waals surface area contributed by atoms with Crippen molar-refractivity contribution in [3.8, 4) is 11.5 Å². The molecule has 0 bridgehead atoms. The molecule has 0 fully saturated rings. The third-order valence-corrected chi connectivity index (χ3v) is 6.89. The molecule has 214 valence electrons. The molecule has 1 heterocycles. The van der Waals surface area contributed by atoms with Crippen molar-refractivity contribution in [3.63, 3.8) is 0 Å². The molecule has 3 aromatic carbocycles. The number of hydroxylamine groups is 1. The van der Waals surface area contributed by atoms with Crippen LogP contribution in [0.1, 0.15) is 40.9 Å². The first-order valence-corrected chi connectivity index (χ1v) is 13.5. The quantitative estimate of drug-likeness (QED) is 0.308. The van der Waals surface area contributed by atoms with Crippen LogP contribution in [0.2, 0.25) is 5.02 Å². The zero-order valence-electron chi connectivity index (χ0n) is 22.7. The molecule has 0 aromatic heterocycles. The number of nitrogens with one attached hydrogen (secondary N) is 2. The van der Waals surface area contributed by atoms with Crippen LogP contribution in [0, 0.1) is 5.92 Å². The Kier molecular flexibility index (Phi) is 9.81. The molecule has 2 atom stereocenters. The van der Waals surface area contributed by atoms with Crippen molar-refractivity contribution in [2.24, 2.45) is 10.9 Å². The highest BCUT2D eigenvalue weighted by Crippen LogP contribution is 2.27. The number of carbonyl (C=O) groups is 3. The average Bonchev–Trinajstić information content (AvgIpc) is 3.14. The van der Waals surface area contributed by atoms with Crippen LogP contribution in [-0.2, 0) is 11.2 Å². The lowest BCUT2D eigenvalue weighted by atomic mass is 9.97. The van der Waals surface area contributed by atoms with E-state index >= 15 is 0 Å². The largest absolute Gasteiger partial charge is 0.496 e. The van der Waals surface area contributed by atoms with E-state index in [2.05, 4.69) is 15.8 Å². The molecular formula is C30H31ClN4O6. The van der Waals surface area contributed by atoms with Crippen LogP contribution in [0.4, 0.5) is 4.79 Å². The normalized spacial score (nSPS) is 15.8. The summed E-state index contributed by atoms with van der Waals surface area (Å²) < 4.78 is 5.46. The first-order chi connectivity index (χ1) is 19.8. The van der Waals surface area contributed by atoms with Crippen LogP contribution in [0.3, 0.4) is 0 Å². The SMILES string of the molecule is CCC(NC(=O)N1CC(NOc2ccccc2)=NC[C@@H](Cc2cc(Cl)ccc2OC)C1=O)c1cccc(C(=O)O)c1. The zero-order valence-corrected chi connectivity index (χ0v) is 23.4. The molecule has 0 aliphatic carbocycles. The summed E-state index contributed by atoms with van der Waals surface area (Å²) in [4.78, 5) is 50.2. The van der Waals surface area contributed by atoms with Crippen molar-refractivity contribution in [2.75, 3.05) is 20.2 Å². The van der Waals surface area contributed by atoms with E-state index < -0.39 is 29.9 Å². The molecule has 4 rings (SSSR count). The van der Waals surface area contributed by atoms with Crippen LogP contribution in [-0.4, -0.2) is 53.9 Å². The molecule has 3 N–H and O–H groups in total. The van der Waals surface area contributed by atoms with Crippen molar-refractivity contribution >= 4 is 35.3 Å². The second kappa shape index (κ2) is 13.7. The second-order valence-corrected chi connectivity index (χ2v) is 9.86. The fourth-order valence-electron chi connectivity index (χ4n) is 4.50. The maximum atomic E-state index is 13.8. The summed E-state index contributed by atoms with van der Waals surface area (Å²) >= 11 is 6.22. The van der Waals surface area contributed by atoms with Gasteiger partial charge in [0.05, 0.1) is 37.7 Å². The maximum Gasteiger partial charge on any atom is 0.335 e. The minimum absolute atomic E-state index is 0.0939. The van der Waals surface area contributed by atoms with Crippen molar-refractivity contribution in [1.29, 1.82) is 0 Å². The Bertz CT molecular complexity index is 1430. The smallest absolute Gasteiger partial charge is 0.335 e. The number of rotatable bonds is 9. The molecule has 10 nitrogen and oxygen atoms in total. The highest BCUT2D eigenvalue weighted by atomic mass is 35.5. The number of amides is 3. The summed E-state index contributed by atoms with van der Waals surface area (Å²) in [6.07, 6.45) is 0.705. The molecular weight excluding hydrogens is 548 g/mol. The molecule has 1 unspecified atom stereocenters. The number of aliphatic imine (C=N–C) groups is 1. The molecule has 1 aliphatic rings. The van der Waals surface area contributed by atoms with Gasteiger partial charge < -0.3 is 20.0 Å². The number of para-hydroxylation sites is 1. The summed E-state index contributed by atoms with van der Waals surface area (Å²) in [6.45, 7) is 1.79. The number of nitrogens with zero attached hydrogens (tertiary/aromatic N) is 2. The Hall–Kier alpha value is -4.57. The Morgan fingerprint density at radius 3 is 2.61 bits per heavy atom. The van der Waals surface area contributed by atoms with Gasteiger partial charge in [0.2, 0.25) is 5.91 Å². The van der Waals surface area contributed by atoms with Gasteiger partial charge in [-0.2, -0.15) is 0 Å². The fraction of sp³-hybridized carbons (Fsp3) is 0.267. The van der Waals surface area contributed by atoms with Crippen molar-refractivity contribution < 1.29 is 29.1 Å². The Labute approximate surface area is 242 Å². The first-order valence-electron chi connectivity index (χ1n) is 13.1. The molecule has 0 spiro atoms. The number of ether oxygens (including phenoxy) is 1. The minimum Gasteiger partial charge on any atom is -0.496 e. The zero-order chi connectivity index (χ0) is 29.4. The lowest BCUT2D eigenvalue weighted by Gasteiger charge is -2.26. The van der Waals surface area contributed by atoms with Gasteiger partial charge in [-0.25, -0.2) is 15.1 Å². The number of carboxylic acids is 1. The molecule has 41 heavy (non-hydrogen) atoms. The monoisotopic (exact) mass is 578 g/mol. The summed E-state index contributed by atoms with van der Waals surface area (Å²) in [6, 6.07) is 19.3. The first kappa shape index (κ1) is 29.4. The number of imide groups is 1. The molecule has 0 radical (unpaired) electrons. The number of carbonyl (C=O) groups excluding carboxylic acids is 2. The van der Waals surface area contributed by atoms with Crippen LogP contribution in [0.15, 0.2) is 77.8 Å². The summed E-state index contributed by atoms with van der Waals surface area (Å²) in [7, 11) is 1.53. The Balaban J connectivity index is 1.59. The van der Waals surface area contributed by atoms with E-state index in [9.17, 15) is 19.5 Å². The second-order valence-electron chi connectivity index (χ2n) is 9.43. The molecule has 3 aromatic rings. The fourth-order valence-corrected chi connectivity index (χ4v) is 4.69. The van der Waals surface area contributed by atoms with E-state index in [1.165, 1.54) is 19.2 Å². The lowest BCUT2D eigenvalue weighted by molar-refractivity contribution is -0.131. The van der Waals surface area contributed by atoms with Gasteiger partial charge in [0.15, 0.2) is 11.6 Å². The van der Waals surface area contributed by atoms with Gasteiger partial charge in [0.25, 0.3) is 0 Å². The van der Waals surface area contributed by atoms with Gasteiger partial charge >= 0.3 is 12.0 Å². The van der Waals surface area contributed by atoms with Gasteiger partial charge in [0, 0.05) is 5.02 Å². The van der Waals surface area contributed by atoms with Crippen molar-refractivity contribution in [1.82, 2.24) is 15.7 Å². The van der Waals surface area contributed by atoms with E-state index in [1.807, 2.05) is 25.1 Å². The number of halogens is 1. The number of aromatic carboxylic acids is 1. The third-order valence-electron chi connectivity index (χ3n) is 6.65. The van der Waals surface area contributed by atoms with Crippen LogP contribution in [0.5, 0.6) is 11.5 Å². The summed E-state index contributed by atoms with van der Waals surface area (Å²) in [5, 5.41) is 12.8. The lowest BCUT2D eigenvalue weighted by Crippen LogP contribution is -2.50. The predicted octanol–water partition coefficient (Wildman–Crippen LogP) is 4.89. The van der Waals surface area contributed by atoms with E-state index in [0.717, 1.165) is 4.90 Å². The number of benzene rings is 3. The number of urea groups is 1. The van der Waals surface area contributed by atoms with Crippen molar-refractivity contribution in [3.05, 3.63) is 94.5 Å². The molecule has 0 saturated carbocycles. The van der Waals surface area contributed by atoms with Gasteiger partial charge in [-0.15, -0.1) is 0 Å². The highest BCUT2D eigenvalue weighted by Gasteiger charge is 2.34. The maximum absolute atomic E-state index is 13.8. The summed E-state index contributed by atoms with van der Waals surface area (Å²) in [5.74, 6) is -0.800. The third kappa shape index (κ3) is 7.55. The number of methoxy groups -OCH3 is 1. The molecule has 11 heteroatoms. The summed E-state index contributed by atoms with van der Waals surface area (Å²) in [5.41, 5.74) is 4.21. The van der Waals surface area contributed by atoms with Gasteiger partial charge in [0.1, 0.15) is 5.75 Å². The molecule has 1 aliphatic heterocycles. The number of hydrogen-bond acceptors (Lipinski definition) is 7. The van der Waals surface area contributed by atoms with Crippen LogP contribution < -0.4 is 20.4 Å². The number of amidine groups is 1. The standard InChI is InChI=1S/C30H31ClN4O6/c1-3-25(19-8-7-9-20(14-19)29(37)38)33-30(39)35-18-27(34-41-24-10-5-4-6-11-24)32-17-22(28(35)36)15-21-16-23(31)12-13-26(21)40-2/h4-14,16,22,25H,3,15,17-18H2,1-2H3,(H,32,34)(H,33,39)(H,37,38)/t22-,25?/m1/s1. The van der Waals surface area contributed by atoms with E-state index in [1.54, 1.807) is 42.5 Å². The van der Waals surface area contributed by atoms with E-state index in [0.29, 0.717) is 39.9 Å².